The van der Waals surface area contributed by atoms with E-state index >= 15 is 0 Å². The topological polar surface area (TPSA) is 84.5 Å². The number of carbonyl (C=O) groups excluding carboxylic acids is 3. The van der Waals surface area contributed by atoms with Gasteiger partial charge in [-0.2, -0.15) is 0 Å². The van der Waals surface area contributed by atoms with Crippen molar-refractivity contribution < 1.29 is 19.1 Å². The molecule has 2 rings (SSSR count). The number of rotatable bonds is 6. The Morgan fingerprint density at radius 3 is 2.40 bits per heavy atom. The van der Waals surface area contributed by atoms with Crippen LogP contribution in [0.4, 0.5) is 11.4 Å². The summed E-state index contributed by atoms with van der Waals surface area (Å²) in [6.07, 6.45) is 0.462. The van der Waals surface area contributed by atoms with Gasteiger partial charge >= 0.3 is 5.97 Å². The molecule has 0 atom stereocenters. The zero-order valence-corrected chi connectivity index (χ0v) is 14.2. The number of methoxy groups -OCH3 is 1. The minimum atomic E-state index is -0.495. The third-order valence-corrected chi connectivity index (χ3v) is 3.56. The van der Waals surface area contributed by atoms with Crippen LogP contribution >= 0.6 is 0 Å². The number of hydrogen-bond donors (Lipinski definition) is 2. The van der Waals surface area contributed by atoms with Crippen molar-refractivity contribution in [1.29, 1.82) is 0 Å². The molecule has 0 bridgehead atoms. The van der Waals surface area contributed by atoms with Crippen LogP contribution in [0.2, 0.25) is 0 Å². The lowest BCUT2D eigenvalue weighted by Crippen LogP contribution is -2.22. The highest BCUT2D eigenvalue weighted by molar-refractivity contribution is 6.08. The SMILES string of the molecule is CCc1ccccc1NC(=O)CC(=O)Nc1cccc(C(=O)OC)c1. The summed E-state index contributed by atoms with van der Waals surface area (Å²) in [6.45, 7) is 1.99. The van der Waals surface area contributed by atoms with Crippen LogP contribution in [-0.2, 0) is 20.7 Å². The molecule has 0 fully saturated rings. The molecule has 2 N–H and O–H groups in total. The standard InChI is InChI=1S/C19H20N2O4/c1-3-13-7-4-5-10-16(13)21-18(23)12-17(22)20-15-9-6-8-14(11-15)19(24)25-2/h4-11H,3,12H2,1-2H3,(H,20,22)(H,21,23). The van der Waals surface area contributed by atoms with E-state index in [4.69, 9.17) is 0 Å². The minimum absolute atomic E-state index is 0.319. The average molecular weight is 340 g/mol. The summed E-state index contributed by atoms with van der Waals surface area (Å²) >= 11 is 0. The fourth-order valence-electron chi connectivity index (χ4n) is 2.34. The van der Waals surface area contributed by atoms with E-state index in [0.29, 0.717) is 16.9 Å². The van der Waals surface area contributed by atoms with Gasteiger partial charge < -0.3 is 15.4 Å². The maximum absolute atomic E-state index is 12.1. The van der Waals surface area contributed by atoms with Gasteiger partial charge in [-0.25, -0.2) is 4.79 Å². The van der Waals surface area contributed by atoms with Gasteiger partial charge in [-0.05, 0) is 36.2 Å². The van der Waals surface area contributed by atoms with Gasteiger partial charge in [0.2, 0.25) is 11.8 Å². The number of esters is 1. The molecule has 0 saturated carbocycles. The van der Waals surface area contributed by atoms with E-state index in [2.05, 4.69) is 15.4 Å². The first-order valence-electron chi connectivity index (χ1n) is 7.89. The molecule has 0 heterocycles. The molecule has 6 heteroatoms. The largest absolute Gasteiger partial charge is 0.465 e. The molecule has 0 aliphatic heterocycles. The molecule has 6 nitrogen and oxygen atoms in total. The Morgan fingerprint density at radius 2 is 1.68 bits per heavy atom. The summed E-state index contributed by atoms with van der Waals surface area (Å²) in [7, 11) is 1.28. The van der Waals surface area contributed by atoms with Crippen LogP contribution in [0.5, 0.6) is 0 Å². The molecule has 2 aromatic carbocycles. The quantitative estimate of drug-likeness (QED) is 0.625. The molecule has 25 heavy (non-hydrogen) atoms. The van der Waals surface area contributed by atoms with Crippen molar-refractivity contribution in [3.63, 3.8) is 0 Å². The molecule has 2 amide bonds. The lowest BCUT2D eigenvalue weighted by Gasteiger charge is -2.10. The zero-order chi connectivity index (χ0) is 18.2. The fourth-order valence-corrected chi connectivity index (χ4v) is 2.34. The van der Waals surface area contributed by atoms with Crippen LogP contribution in [0.15, 0.2) is 48.5 Å². The molecule has 0 radical (unpaired) electrons. The number of para-hydroxylation sites is 1. The summed E-state index contributed by atoms with van der Waals surface area (Å²) in [5.74, 6) is -1.36. The monoisotopic (exact) mass is 340 g/mol. The fraction of sp³-hybridized carbons (Fsp3) is 0.211. The molecular formula is C19H20N2O4. The highest BCUT2D eigenvalue weighted by atomic mass is 16.5. The molecule has 130 valence electrons. The first-order valence-corrected chi connectivity index (χ1v) is 7.89. The average Bonchev–Trinajstić information content (AvgIpc) is 2.61. The van der Waals surface area contributed by atoms with Crippen molar-refractivity contribution in [2.75, 3.05) is 17.7 Å². The maximum atomic E-state index is 12.1. The van der Waals surface area contributed by atoms with Crippen molar-refractivity contribution in [1.82, 2.24) is 0 Å². The van der Waals surface area contributed by atoms with Crippen molar-refractivity contribution >= 4 is 29.2 Å². The molecule has 0 aliphatic carbocycles. The number of ether oxygens (including phenoxy) is 1. The van der Waals surface area contributed by atoms with E-state index in [0.717, 1.165) is 12.0 Å². The predicted molar refractivity (Wildman–Crippen MR) is 95.5 cm³/mol. The Bertz CT molecular complexity index is 786. The van der Waals surface area contributed by atoms with Crippen molar-refractivity contribution in [3.05, 3.63) is 59.7 Å². The van der Waals surface area contributed by atoms with Crippen molar-refractivity contribution in [2.24, 2.45) is 0 Å². The Balaban J connectivity index is 1.96. The van der Waals surface area contributed by atoms with E-state index in [9.17, 15) is 14.4 Å². The summed E-state index contributed by atoms with van der Waals surface area (Å²) in [4.78, 5) is 35.6. The summed E-state index contributed by atoms with van der Waals surface area (Å²) in [5.41, 5.74) is 2.45. The summed E-state index contributed by atoms with van der Waals surface area (Å²) in [5, 5.41) is 5.34. The van der Waals surface area contributed by atoms with E-state index in [1.54, 1.807) is 24.3 Å². The smallest absolute Gasteiger partial charge is 0.337 e. The third kappa shape index (κ3) is 5.17. The second kappa shape index (κ2) is 8.63. The zero-order valence-electron chi connectivity index (χ0n) is 14.2. The lowest BCUT2D eigenvalue weighted by molar-refractivity contribution is -0.123. The van der Waals surface area contributed by atoms with E-state index in [-0.39, 0.29) is 6.42 Å². The number of carbonyl (C=O) groups is 3. The molecule has 0 aliphatic rings. The van der Waals surface area contributed by atoms with Crippen LogP contribution in [0, 0.1) is 0 Å². The van der Waals surface area contributed by atoms with Gasteiger partial charge in [0.05, 0.1) is 12.7 Å². The van der Waals surface area contributed by atoms with Gasteiger partial charge in [0, 0.05) is 11.4 Å². The highest BCUT2D eigenvalue weighted by Crippen LogP contribution is 2.16. The molecule has 0 unspecified atom stereocenters. The van der Waals surface area contributed by atoms with Crippen LogP contribution < -0.4 is 10.6 Å². The van der Waals surface area contributed by atoms with Gasteiger partial charge in [0.1, 0.15) is 6.42 Å². The number of aryl methyl sites for hydroxylation is 1. The Morgan fingerprint density at radius 1 is 0.960 bits per heavy atom. The van der Waals surface area contributed by atoms with E-state index < -0.39 is 17.8 Å². The van der Waals surface area contributed by atoms with Crippen molar-refractivity contribution in [2.45, 2.75) is 19.8 Å². The Hall–Kier alpha value is -3.15. The number of benzene rings is 2. The lowest BCUT2D eigenvalue weighted by atomic mass is 10.1. The number of anilines is 2. The first kappa shape index (κ1) is 18.2. The number of hydrogen-bond acceptors (Lipinski definition) is 4. The van der Waals surface area contributed by atoms with E-state index in [1.165, 1.54) is 13.2 Å². The van der Waals surface area contributed by atoms with Crippen LogP contribution in [-0.4, -0.2) is 24.9 Å². The van der Waals surface area contributed by atoms with Crippen molar-refractivity contribution in [3.8, 4) is 0 Å². The predicted octanol–water partition coefficient (Wildman–Crippen LogP) is 3.00. The molecule has 2 aromatic rings. The van der Waals surface area contributed by atoms with E-state index in [1.807, 2.05) is 25.1 Å². The van der Waals surface area contributed by atoms with Crippen LogP contribution in [0.1, 0.15) is 29.3 Å². The van der Waals surface area contributed by atoms with Gasteiger partial charge in [-0.1, -0.05) is 31.2 Å². The minimum Gasteiger partial charge on any atom is -0.465 e. The highest BCUT2D eigenvalue weighted by Gasteiger charge is 2.12. The number of nitrogens with one attached hydrogen (secondary N) is 2. The summed E-state index contributed by atoms with van der Waals surface area (Å²) < 4.78 is 4.63. The molecule has 0 saturated heterocycles. The molecule has 0 spiro atoms. The van der Waals surface area contributed by atoms with Gasteiger partial charge in [0.25, 0.3) is 0 Å². The first-order chi connectivity index (χ1) is 12.0. The molecule has 0 aromatic heterocycles. The van der Waals surface area contributed by atoms with Gasteiger partial charge in [-0.3, -0.25) is 9.59 Å². The maximum Gasteiger partial charge on any atom is 0.337 e. The summed E-state index contributed by atoms with van der Waals surface area (Å²) in [6, 6.07) is 13.8. The van der Waals surface area contributed by atoms with Crippen LogP contribution in [0.3, 0.4) is 0 Å². The van der Waals surface area contributed by atoms with Gasteiger partial charge in [-0.15, -0.1) is 0 Å². The Kier molecular flexibility index (Phi) is 6.28. The second-order valence-corrected chi connectivity index (χ2v) is 5.36. The second-order valence-electron chi connectivity index (χ2n) is 5.36. The number of amides is 2. The normalized spacial score (nSPS) is 10.0. The molecular weight excluding hydrogens is 320 g/mol. The van der Waals surface area contributed by atoms with Gasteiger partial charge in [0.15, 0.2) is 0 Å². The van der Waals surface area contributed by atoms with Crippen LogP contribution in [0.25, 0.3) is 0 Å². The Labute approximate surface area is 146 Å². The third-order valence-electron chi connectivity index (χ3n) is 3.56.